The quantitative estimate of drug-likeness (QED) is 0.826. The molecule has 3 aliphatic carbocycles. The Kier molecular flexibility index (Phi) is 3.69. The third-order valence-corrected chi connectivity index (χ3v) is 7.24. The topological polar surface area (TPSA) is 63.6 Å². The average Bonchev–Trinajstić information content (AvgIpc) is 2.81. The van der Waals surface area contributed by atoms with Gasteiger partial charge in [-0.25, -0.2) is 0 Å². The van der Waals surface area contributed by atoms with Crippen LogP contribution in [0.3, 0.4) is 0 Å². The van der Waals surface area contributed by atoms with Gasteiger partial charge in [0, 0.05) is 0 Å². The van der Waals surface area contributed by atoms with Gasteiger partial charge in [0.25, 0.3) is 0 Å². The van der Waals surface area contributed by atoms with Gasteiger partial charge in [0.2, 0.25) is 0 Å². The van der Waals surface area contributed by atoms with Crippen LogP contribution in [0, 0.1) is 17.3 Å². The lowest BCUT2D eigenvalue weighted by atomic mass is 9.55. The van der Waals surface area contributed by atoms with E-state index in [1.54, 1.807) is 12.1 Å². The summed E-state index contributed by atoms with van der Waals surface area (Å²) in [4.78, 5) is 0. The third-order valence-electron chi connectivity index (χ3n) is 6.84. The fraction of sp³-hybridized carbons (Fsp3) is 0.667. The van der Waals surface area contributed by atoms with Crippen molar-refractivity contribution in [3.8, 4) is 5.75 Å². The van der Waals surface area contributed by atoms with Crippen LogP contribution in [0.15, 0.2) is 18.2 Å². The Bertz CT molecular complexity index is 762. The predicted octanol–water partition coefficient (Wildman–Crippen LogP) is 3.50. The van der Waals surface area contributed by atoms with Crippen molar-refractivity contribution in [2.75, 3.05) is 0 Å². The maximum atomic E-state index is 12.7. The highest BCUT2D eigenvalue weighted by atomic mass is 32.3. The molecule has 2 fully saturated rings. The molecule has 3 aliphatic rings. The molecule has 0 radical (unpaired) electrons. The van der Waals surface area contributed by atoms with Gasteiger partial charge in [0.1, 0.15) is 5.75 Å². The molecule has 4 nitrogen and oxygen atoms in total. The van der Waals surface area contributed by atoms with Gasteiger partial charge in [0.15, 0.2) is 0 Å². The number of fused-ring (bicyclic) bond motifs is 5. The molecule has 4 rings (SSSR count). The van der Waals surface area contributed by atoms with Crippen LogP contribution < -0.4 is 4.18 Å². The van der Waals surface area contributed by atoms with Gasteiger partial charge in [0.05, 0.1) is 6.10 Å². The van der Waals surface area contributed by atoms with Gasteiger partial charge in [-0.2, -0.15) is 8.42 Å². The molecule has 0 bridgehead atoms. The van der Waals surface area contributed by atoms with Crippen LogP contribution in [0.4, 0.5) is 3.89 Å². The Labute approximate surface area is 142 Å². The summed E-state index contributed by atoms with van der Waals surface area (Å²) in [6, 6.07) is 5.12. The molecule has 0 aromatic heterocycles. The minimum Gasteiger partial charge on any atom is -0.393 e. The normalized spacial score (nSPS) is 38.1. The molecule has 1 unspecified atom stereocenters. The van der Waals surface area contributed by atoms with Crippen LogP contribution in [0.2, 0.25) is 0 Å². The van der Waals surface area contributed by atoms with Crippen LogP contribution in [-0.4, -0.2) is 19.6 Å². The second-order valence-corrected chi connectivity index (χ2v) is 8.84. The molecule has 2 saturated carbocycles. The Hall–Kier alpha value is -1.14. The van der Waals surface area contributed by atoms with Gasteiger partial charge in [-0.3, -0.25) is 0 Å². The summed E-state index contributed by atoms with van der Waals surface area (Å²) in [5.41, 5.74) is 2.36. The second kappa shape index (κ2) is 5.43. The molecular formula is C18H23FO4S. The molecule has 6 heteroatoms. The number of rotatable bonds is 2. The van der Waals surface area contributed by atoms with Crippen LogP contribution in [0.5, 0.6) is 5.75 Å². The molecule has 0 saturated heterocycles. The van der Waals surface area contributed by atoms with E-state index < -0.39 is 10.5 Å². The summed E-state index contributed by atoms with van der Waals surface area (Å²) >= 11 is 0. The fourth-order valence-electron chi connectivity index (χ4n) is 5.70. The molecule has 24 heavy (non-hydrogen) atoms. The zero-order valence-corrected chi connectivity index (χ0v) is 14.6. The minimum absolute atomic E-state index is 0.0457. The van der Waals surface area contributed by atoms with E-state index in [0.717, 1.165) is 44.1 Å². The fourth-order valence-corrected chi connectivity index (χ4v) is 6.03. The van der Waals surface area contributed by atoms with Gasteiger partial charge in [-0.05, 0) is 85.0 Å². The smallest absolute Gasteiger partial charge is 0.393 e. The van der Waals surface area contributed by atoms with E-state index in [1.165, 1.54) is 5.56 Å². The Morgan fingerprint density at radius 2 is 2.04 bits per heavy atom. The summed E-state index contributed by atoms with van der Waals surface area (Å²) in [7, 11) is -4.98. The highest BCUT2D eigenvalue weighted by molar-refractivity contribution is 7.81. The molecule has 0 heterocycles. The number of aryl methyl sites for hydroxylation is 1. The van der Waals surface area contributed by atoms with E-state index in [-0.39, 0.29) is 17.3 Å². The summed E-state index contributed by atoms with van der Waals surface area (Å²) in [6.45, 7) is 2.24. The van der Waals surface area contributed by atoms with Crippen molar-refractivity contribution in [3.63, 3.8) is 0 Å². The maximum Gasteiger partial charge on any atom is 0.488 e. The highest BCUT2D eigenvalue weighted by Gasteiger charge is 2.54. The SMILES string of the molecule is C[C@]12CCC3c4ccc(OS(=O)(=O)F)cc4CC[C@H]3[C@@H]1CC[C@@H]2O. The van der Waals surface area contributed by atoms with Crippen LogP contribution >= 0.6 is 0 Å². The molecule has 132 valence electrons. The number of aliphatic hydroxyl groups excluding tert-OH is 1. The van der Waals surface area contributed by atoms with Crippen LogP contribution in [-0.2, 0) is 16.9 Å². The van der Waals surface area contributed by atoms with Gasteiger partial charge in [-0.1, -0.05) is 16.9 Å². The van der Waals surface area contributed by atoms with Crippen molar-refractivity contribution in [3.05, 3.63) is 29.3 Å². The molecule has 1 aromatic carbocycles. The van der Waals surface area contributed by atoms with E-state index in [0.29, 0.717) is 17.8 Å². The first kappa shape index (κ1) is 16.3. The number of hydrogen-bond donors (Lipinski definition) is 1. The molecule has 0 amide bonds. The molecule has 1 N–H and O–H groups in total. The van der Waals surface area contributed by atoms with Crippen molar-refractivity contribution in [2.45, 2.75) is 57.5 Å². The number of halogens is 1. The zero-order valence-electron chi connectivity index (χ0n) is 13.7. The van der Waals surface area contributed by atoms with Gasteiger partial charge < -0.3 is 9.29 Å². The van der Waals surface area contributed by atoms with E-state index in [1.807, 2.05) is 6.07 Å². The van der Waals surface area contributed by atoms with Gasteiger partial charge >= 0.3 is 10.5 Å². The Morgan fingerprint density at radius 3 is 2.79 bits per heavy atom. The largest absolute Gasteiger partial charge is 0.488 e. The first-order valence-corrected chi connectivity index (χ1v) is 10.0. The Morgan fingerprint density at radius 1 is 1.25 bits per heavy atom. The van der Waals surface area contributed by atoms with E-state index in [2.05, 4.69) is 11.1 Å². The standard InChI is InChI=1S/C18H23FO4S/c1-18-9-8-14-13-5-3-12(23-24(19,21)22)10-11(13)2-4-15(14)16(18)6-7-17(18)20/h3,5,10,14-17,20H,2,4,6-9H2,1H3/t14?,15-,16+,17+,18+/m1/s1. The molecule has 0 aliphatic heterocycles. The first-order chi connectivity index (χ1) is 11.3. The molecular weight excluding hydrogens is 331 g/mol. The number of benzene rings is 1. The Balaban J connectivity index is 1.63. The highest BCUT2D eigenvalue weighted by Crippen LogP contribution is 2.60. The summed E-state index contributed by atoms with van der Waals surface area (Å²) in [5, 5.41) is 10.4. The van der Waals surface area contributed by atoms with Crippen molar-refractivity contribution < 1.29 is 21.6 Å². The van der Waals surface area contributed by atoms with Gasteiger partial charge in [-0.15, -0.1) is 0 Å². The minimum atomic E-state index is -4.98. The third kappa shape index (κ3) is 2.54. The second-order valence-electron chi connectivity index (χ2n) is 7.89. The van der Waals surface area contributed by atoms with E-state index in [9.17, 15) is 17.4 Å². The lowest BCUT2D eigenvalue weighted by Gasteiger charge is -2.50. The number of aliphatic hydroxyl groups is 1. The lowest BCUT2D eigenvalue weighted by molar-refractivity contribution is -0.0226. The first-order valence-electron chi connectivity index (χ1n) is 8.73. The molecule has 1 aromatic rings. The monoisotopic (exact) mass is 354 g/mol. The zero-order chi connectivity index (χ0) is 17.1. The maximum absolute atomic E-state index is 12.7. The van der Waals surface area contributed by atoms with Crippen LogP contribution in [0.25, 0.3) is 0 Å². The van der Waals surface area contributed by atoms with E-state index in [4.69, 9.17) is 0 Å². The lowest BCUT2D eigenvalue weighted by Crippen LogP contribution is -2.43. The van der Waals surface area contributed by atoms with Crippen LogP contribution in [0.1, 0.15) is 56.1 Å². The van der Waals surface area contributed by atoms with Crippen molar-refractivity contribution in [1.29, 1.82) is 0 Å². The predicted molar refractivity (Wildman–Crippen MR) is 87.7 cm³/mol. The molecule has 0 spiro atoms. The summed E-state index contributed by atoms with van der Waals surface area (Å²) < 4.78 is 38.5. The average molecular weight is 354 g/mol. The van der Waals surface area contributed by atoms with Crippen molar-refractivity contribution in [1.82, 2.24) is 0 Å². The molecule has 5 atom stereocenters. The van der Waals surface area contributed by atoms with Crippen molar-refractivity contribution in [2.24, 2.45) is 17.3 Å². The summed E-state index contributed by atoms with van der Waals surface area (Å²) in [5.74, 6) is 1.63. The summed E-state index contributed by atoms with van der Waals surface area (Å²) in [6.07, 6.45) is 5.77. The van der Waals surface area contributed by atoms with Crippen molar-refractivity contribution >= 4 is 10.5 Å². The number of hydrogen-bond acceptors (Lipinski definition) is 4. The van der Waals surface area contributed by atoms with E-state index >= 15 is 0 Å².